The van der Waals surface area contributed by atoms with Gasteiger partial charge in [-0.15, -0.1) is 0 Å². The Bertz CT molecular complexity index is 1140. The summed E-state index contributed by atoms with van der Waals surface area (Å²) in [6.45, 7) is 1.98. The Balaban J connectivity index is 1.66. The molecule has 0 aliphatic heterocycles. The standard InChI is InChI=1S/C27H27FN2O4S/c1-2-16-30(25(31)22-10-8-20(9-11-22)21-12-14-23(28)15-13-21)27(34)29-24(26(32)33)18-35-17-19-6-4-3-5-7-19/h3-15,24H,2,16-18H2,1H3,(H,29,34)(H,32,33)/t24-/m0/s1. The maximum Gasteiger partial charge on any atom is 0.327 e. The summed E-state index contributed by atoms with van der Waals surface area (Å²) in [7, 11) is 0. The molecular weight excluding hydrogens is 467 g/mol. The molecule has 0 radical (unpaired) electrons. The Hall–Kier alpha value is -3.65. The van der Waals surface area contributed by atoms with Crippen LogP contribution in [-0.4, -0.2) is 46.3 Å². The van der Waals surface area contributed by atoms with Crippen LogP contribution < -0.4 is 5.32 Å². The first-order chi connectivity index (χ1) is 16.9. The van der Waals surface area contributed by atoms with Crippen LogP contribution in [0.3, 0.4) is 0 Å². The van der Waals surface area contributed by atoms with Gasteiger partial charge in [-0.1, -0.05) is 61.5 Å². The van der Waals surface area contributed by atoms with Gasteiger partial charge in [-0.2, -0.15) is 11.8 Å². The summed E-state index contributed by atoms with van der Waals surface area (Å²) in [4.78, 5) is 38.8. The lowest BCUT2D eigenvalue weighted by atomic mass is 10.0. The van der Waals surface area contributed by atoms with Crippen molar-refractivity contribution in [2.45, 2.75) is 25.1 Å². The summed E-state index contributed by atoms with van der Waals surface area (Å²) >= 11 is 1.39. The molecule has 0 aliphatic carbocycles. The molecule has 2 N–H and O–H groups in total. The molecule has 8 heteroatoms. The summed E-state index contributed by atoms with van der Waals surface area (Å²) in [5.74, 6) is -1.24. The maximum absolute atomic E-state index is 13.2. The average Bonchev–Trinajstić information content (AvgIpc) is 2.87. The molecule has 0 bridgehead atoms. The van der Waals surface area contributed by atoms with Gasteiger partial charge in [-0.25, -0.2) is 14.0 Å². The molecule has 1 atom stereocenters. The molecule has 0 spiro atoms. The van der Waals surface area contributed by atoms with Crippen molar-refractivity contribution in [2.24, 2.45) is 0 Å². The van der Waals surface area contributed by atoms with E-state index in [4.69, 9.17) is 0 Å². The zero-order valence-corrected chi connectivity index (χ0v) is 20.1. The predicted octanol–water partition coefficient (Wildman–Crippen LogP) is 5.44. The van der Waals surface area contributed by atoms with Gasteiger partial charge >= 0.3 is 12.0 Å². The van der Waals surface area contributed by atoms with Gasteiger partial charge in [0, 0.05) is 23.6 Å². The van der Waals surface area contributed by atoms with Gasteiger partial charge in [0.15, 0.2) is 0 Å². The van der Waals surface area contributed by atoms with Crippen LogP contribution in [0, 0.1) is 5.82 Å². The topological polar surface area (TPSA) is 86.7 Å². The van der Waals surface area contributed by atoms with Crippen LogP contribution in [0.4, 0.5) is 9.18 Å². The Morgan fingerprint density at radius 3 is 2.11 bits per heavy atom. The number of rotatable bonds is 10. The number of imide groups is 1. The molecule has 0 aliphatic rings. The number of nitrogens with one attached hydrogen (secondary N) is 1. The van der Waals surface area contributed by atoms with E-state index in [1.54, 1.807) is 36.4 Å². The molecule has 3 amide bonds. The number of carbonyl (C=O) groups is 3. The SMILES string of the molecule is CCCN(C(=O)N[C@@H](CSCc1ccccc1)C(=O)O)C(=O)c1ccc(-c2ccc(F)cc2)cc1. The number of urea groups is 1. The fourth-order valence-corrected chi connectivity index (χ4v) is 4.40. The zero-order valence-electron chi connectivity index (χ0n) is 19.3. The summed E-state index contributed by atoms with van der Waals surface area (Å²) in [5.41, 5.74) is 2.95. The molecule has 182 valence electrons. The quantitative estimate of drug-likeness (QED) is 0.392. The number of benzene rings is 3. The third-order valence-corrected chi connectivity index (χ3v) is 6.35. The first-order valence-electron chi connectivity index (χ1n) is 11.2. The molecule has 0 saturated heterocycles. The lowest BCUT2D eigenvalue weighted by Crippen LogP contribution is -2.51. The molecular formula is C27H27FN2O4S. The van der Waals surface area contributed by atoms with E-state index in [2.05, 4.69) is 5.32 Å². The van der Waals surface area contributed by atoms with Crippen molar-refractivity contribution in [1.29, 1.82) is 0 Å². The van der Waals surface area contributed by atoms with Crippen molar-refractivity contribution in [3.8, 4) is 11.1 Å². The molecule has 0 heterocycles. The fourth-order valence-electron chi connectivity index (χ4n) is 3.39. The highest BCUT2D eigenvalue weighted by Crippen LogP contribution is 2.21. The van der Waals surface area contributed by atoms with E-state index in [0.717, 1.165) is 21.6 Å². The number of amides is 3. The largest absolute Gasteiger partial charge is 0.480 e. The van der Waals surface area contributed by atoms with Crippen molar-refractivity contribution in [3.63, 3.8) is 0 Å². The van der Waals surface area contributed by atoms with Crippen LogP contribution >= 0.6 is 11.8 Å². The average molecular weight is 495 g/mol. The third-order valence-electron chi connectivity index (χ3n) is 5.24. The van der Waals surface area contributed by atoms with Gasteiger partial charge in [0.2, 0.25) is 0 Å². The Morgan fingerprint density at radius 1 is 0.943 bits per heavy atom. The third kappa shape index (κ3) is 7.42. The van der Waals surface area contributed by atoms with E-state index < -0.39 is 23.9 Å². The summed E-state index contributed by atoms with van der Waals surface area (Å²) in [6.07, 6.45) is 0.521. The normalized spacial score (nSPS) is 11.5. The number of aliphatic carboxylic acids is 1. The highest BCUT2D eigenvalue weighted by Gasteiger charge is 2.27. The van der Waals surface area contributed by atoms with Gasteiger partial charge in [0.25, 0.3) is 5.91 Å². The predicted molar refractivity (Wildman–Crippen MR) is 136 cm³/mol. The van der Waals surface area contributed by atoms with Crippen molar-refractivity contribution >= 4 is 29.7 Å². The fraction of sp³-hybridized carbons (Fsp3) is 0.222. The van der Waals surface area contributed by atoms with Crippen molar-refractivity contribution < 1.29 is 23.9 Å². The number of carboxylic acids is 1. The molecule has 0 aromatic heterocycles. The number of nitrogens with zero attached hydrogens (tertiary/aromatic N) is 1. The van der Waals surface area contributed by atoms with Crippen LogP contribution in [0.5, 0.6) is 0 Å². The molecule has 3 aromatic rings. The highest BCUT2D eigenvalue weighted by molar-refractivity contribution is 7.98. The first-order valence-corrected chi connectivity index (χ1v) is 12.4. The second kappa shape index (κ2) is 12.7. The van der Waals surface area contributed by atoms with Crippen LogP contribution in [0.1, 0.15) is 29.3 Å². The lowest BCUT2D eigenvalue weighted by Gasteiger charge is -2.23. The van der Waals surface area contributed by atoms with E-state index in [0.29, 0.717) is 17.7 Å². The van der Waals surface area contributed by atoms with E-state index >= 15 is 0 Å². The van der Waals surface area contributed by atoms with Crippen LogP contribution in [0.2, 0.25) is 0 Å². The number of carboxylic acid groups (broad SMARTS) is 1. The van der Waals surface area contributed by atoms with E-state index in [1.165, 1.54) is 23.9 Å². The van der Waals surface area contributed by atoms with Gasteiger partial charge < -0.3 is 10.4 Å². The Kier molecular flexibility index (Phi) is 9.43. The van der Waals surface area contributed by atoms with E-state index in [1.807, 2.05) is 37.3 Å². The lowest BCUT2D eigenvalue weighted by molar-refractivity contribution is -0.138. The summed E-state index contributed by atoms with van der Waals surface area (Å²) in [5, 5.41) is 12.1. The number of hydrogen-bond donors (Lipinski definition) is 2. The van der Waals surface area contributed by atoms with Crippen LogP contribution in [-0.2, 0) is 10.5 Å². The molecule has 0 saturated carbocycles. The molecule has 3 aromatic carbocycles. The van der Waals surface area contributed by atoms with Crippen molar-refractivity contribution in [1.82, 2.24) is 10.2 Å². The minimum Gasteiger partial charge on any atom is -0.480 e. The Morgan fingerprint density at radius 2 is 1.54 bits per heavy atom. The highest BCUT2D eigenvalue weighted by atomic mass is 32.2. The molecule has 3 rings (SSSR count). The van der Waals surface area contributed by atoms with Crippen molar-refractivity contribution in [3.05, 3.63) is 95.8 Å². The Labute approximate surface area is 208 Å². The maximum atomic E-state index is 13.2. The molecule has 0 fully saturated rings. The molecule has 6 nitrogen and oxygen atoms in total. The number of thioether (sulfide) groups is 1. The minimum absolute atomic E-state index is 0.147. The smallest absolute Gasteiger partial charge is 0.327 e. The van der Waals surface area contributed by atoms with Gasteiger partial charge in [-0.3, -0.25) is 9.69 Å². The van der Waals surface area contributed by atoms with Crippen LogP contribution in [0.15, 0.2) is 78.9 Å². The summed E-state index contributed by atoms with van der Waals surface area (Å²) < 4.78 is 13.2. The first kappa shape index (κ1) is 26.0. The van der Waals surface area contributed by atoms with Gasteiger partial charge in [-0.05, 0) is 47.4 Å². The monoisotopic (exact) mass is 494 g/mol. The molecule has 35 heavy (non-hydrogen) atoms. The second-order valence-electron chi connectivity index (χ2n) is 7.88. The van der Waals surface area contributed by atoms with E-state index in [-0.39, 0.29) is 18.1 Å². The number of hydrogen-bond acceptors (Lipinski definition) is 4. The van der Waals surface area contributed by atoms with Crippen LogP contribution in [0.25, 0.3) is 11.1 Å². The van der Waals surface area contributed by atoms with Gasteiger partial charge in [0.05, 0.1) is 0 Å². The van der Waals surface area contributed by atoms with Gasteiger partial charge in [0.1, 0.15) is 11.9 Å². The minimum atomic E-state index is -1.16. The number of halogens is 1. The summed E-state index contributed by atoms with van der Waals surface area (Å²) in [6, 6.07) is 20.4. The number of carbonyl (C=O) groups excluding carboxylic acids is 2. The van der Waals surface area contributed by atoms with E-state index in [9.17, 15) is 23.9 Å². The zero-order chi connectivity index (χ0) is 25.2. The molecule has 0 unspecified atom stereocenters. The second-order valence-corrected chi connectivity index (χ2v) is 8.91. The van der Waals surface area contributed by atoms with Crippen molar-refractivity contribution in [2.75, 3.05) is 12.3 Å².